The summed E-state index contributed by atoms with van der Waals surface area (Å²) in [7, 11) is 0. The third-order valence-corrected chi connectivity index (χ3v) is 5.87. The van der Waals surface area contributed by atoms with Crippen molar-refractivity contribution in [1.29, 1.82) is 0 Å². The van der Waals surface area contributed by atoms with E-state index in [1.54, 1.807) is 0 Å². The average molecular weight is 463 g/mol. The number of hydrogen-bond acceptors (Lipinski definition) is 7. The Bertz CT molecular complexity index is 1210. The molecule has 34 heavy (non-hydrogen) atoms. The number of carboxylic acid groups (broad SMARTS) is 1. The van der Waals surface area contributed by atoms with Gasteiger partial charge in [0, 0.05) is 12.5 Å². The summed E-state index contributed by atoms with van der Waals surface area (Å²) < 4.78 is 10.6. The van der Waals surface area contributed by atoms with E-state index in [9.17, 15) is 14.4 Å². The fourth-order valence-electron chi connectivity index (χ4n) is 4.27. The van der Waals surface area contributed by atoms with Gasteiger partial charge in [0.1, 0.15) is 6.61 Å². The Morgan fingerprint density at radius 2 is 1.79 bits per heavy atom. The number of nitrogens with one attached hydrogen (secondary N) is 2. The van der Waals surface area contributed by atoms with Crippen LogP contribution in [0.25, 0.3) is 11.1 Å². The van der Waals surface area contributed by atoms with Gasteiger partial charge in [0.25, 0.3) is 11.9 Å². The summed E-state index contributed by atoms with van der Waals surface area (Å²) in [6.45, 7) is 0.338. The molecule has 1 atom stereocenters. The summed E-state index contributed by atoms with van der Waals surface area (Å²) in [5.41, 5.74) is 4.43. The van der Waals surface area contributed by atoms with Gasteiger partial charge >= 0.3 is 12.1 Å². The fourth-order valence-corrected chi connectivity index (χ4v) is 4.27. The van der Waals surface area contributed by atoms with Crippen molar-refractivity contribution in [3.63, 3.8) is 0 Å². The van der Waals surface area contributed by atoms with Gasteiger partial charge in [0.05, 0.1) is 13.2 Å². The number of rotatable bonds is 5. The van der Waals surface area contributed by atoms with Crippen molar-refractivity contribution in [2.45, 2.75) is 12.0 Å². The molecule has 0 spiro atoms. The van der Waals surface area contributed by atoms with Gasteiger partial charge in [-0.15, -0.1) is 5.10 Å². The van der Waals surface area contributed by atoms with Gasteiger partial charge in [-0.25, -0.2) is 9.59 Å². The molecule has 1 fully saturated rings. The molecule has 11 nitrogen and oxygen atoms in total. The summed E-state index contributed by atoms with van der Waals surface area (Å²) in [6, 6.07) is 16.0. The maximum atomic E-state index is 12.6. The molecule has 2 amide bonds. The quantitative estimate of drug-likeness (QED) is 0.521. The van der Waals surface area contributed by atoms with Gasteiger partial charge in [-0.05, 0) is 22.3 Å². The third kappa shape index (κ3) is 4.08. The van der Waals surface area contributed by atoms with E-state index in [4.69, 9.17) is 14.6 Å². The molecule has 2 aromatic carbocycles. The molecule has 0 bridgehead atoms. The van der Waals surface area contributed by atoms with Crippen molar-refractivity contribution in [2.75, 3.05) is 31.6 Å². The normalized spacial score (nSPS) is 17.1. The minimum Gasteiger partial charge on any atom is -0.479 e. The highest BCUT2D eigenvalue weighted by atomic mass is 16.5. The van der Waals surface area contributed by atoms with Crippen LogP contribution in [0.3, 0.4) is 0 Å². The highest BCUT2D eigenvalue weighted by molar-refractivity contribution is 5.92. The van der Waals surface area contributed by atoms with Crippen LogP contribution in [0.15, 0.2) is 48.5 Å². The number of fused-ring (bicyclic) bond motifs is 3. The number of carboxylic acids is 1. The van der Waals surface area contributed by atoms with E-state index < -0.39 is 24.1 Å². The molecule has 1 aliphatic heterocycles. The lowest BCUT2D eigenvalue weighted by Crippen LogP contribution is -2.48. The summed E-state index contributed by atoms with van der Waals surface area (Å²) in [5, 5.41) is 17.8. The van der Waals surface area contributed by atoms with Crippen LogP contribution < -0.4 is 5.32 Å². The number of carbonyl (C=O) groups is 3. The Morgan fingerprint density at radius 3 is 2.47 bits per heavy atom. The molecular weight excluding hydrogens is 442 g/mol. The van der Waals surface area contributed by atoms with E-state index in [0.717, 1.165) is 22.3 Å². The molecule has 11 heteroatoms. The maximum absolute atomic E-state index is 12.6. The van der Waals surface area contributed by atoms with Crippen molar-refractivity contribution >= 4 is 23.9 Å². The van der Waals surface area contributed by atoms with Crippen LogP contribution in [0.1, 0.15) is 27.7 Å². The molecule has 1 aliphatic carbocycles. The van der Waals surface area contributed by atoms with Gasteiger partial charge in [0.2, 0.25) is 5.82 Å². The fraction of sp³-hybridized carbons (Fsp3) is 0.261. The maximum Gasteiger partial charge on any atom is 0.414 e. The molecule has 1 aromatic heterocycles. The minimum atomic E-state index is -1.15. The van der Waals surface area contributed by atoms with Crippen LogP contribution in [0.5, 0.6) is 0 Å². The molecule has 5 rings (SSSR count). The predicted molar refractivity (Wildman–Crippen MR) is 118 cm³/mol. The van der Waals surface area contributed by atoms with Crippen LogP contribution in [-0.4, -0.2) is 75.6 Å². The van der Waals surface area contributed by atoms with Crippen molar-refractivity contribution < 1.29 is 29.0 Å². The molecule has 2 heterocycles. The van der Waals surface area contributed by atoms with E-state index in [1.807, 2.05) is 48.5 Å². The van der Waals surface area contributed by atoms with E-state index >= 15 is 0 Å². The zero-order valence-corrected chi connectivity index (χ0v) is 17.9. The summed E-state index contributed by atoms with van der Waals surface area (Å²) in [5.74, 6) is -2.02. The standard InChI is InChI=1S/C23H21N5O6/c29-20(28-9-10-33-18(11-28)21(30)31)19-24-22(27-26-19)25-23(32)34-12-17-15-7-3-1-5-13(15)14-6-2-4-8-16(14)17/h1-8,17-18H,9-12H2,(H,30,31)(H2,24,25,26,27,32). The Labute approximate surface area is 193 Å². The minimum absolute atomic E-state index is 0.0917. The second kappa shape index (κ2) is 8.94. The van der Waals surface area contributed by atoms with Crippen molar-refractivity contribution in [2.24, 2.45) is 0 Å². The number of anilines is 1. The third-order valence-electron chi connectivity index (χ3n) is 5.87. The van der Waals surface area contributed by atoms with Gasteiger partial charge in [-0.3, -0.25) is 15.2 Å². The highest BCUT2D eigenvalue weighted by Crippen LogP contribution is 2.44. The number of morpholine rings is 1. The van der Waals surface area contributed by atoms with Gasteiger partial charge in [-0.2, -0.15) is 4.98 Å². The monoisotopic (exact) mass is 463 g/mol. The smallest absolute Gasteiger partial charge is 0.414 e. The second-order valence-electron chi connectivity index (χ2n) is 7.91. The number of amides is 2. The Kier molecular flexibility index (Phi) is 5.68. The number of ether oxygens (including phenoxy) is 2. The summed E-state index contributed by atoms with van der Waals surface area (Å²) in [4.78, 5) is 41.4. The predicted octanol–water partition coefficient (Wildman–Crippen LogP) is 2.09. The van der Waals surface area contributed by atoms with Gasteiger partial charge in [-0.1, -0.05) is 48.5 Å². The molecular formula is C23H21N5O6. The lowest BCUT2D eigenvalue weighted by atomic mass is 9.98. The molecule has 3 N–H and O–H groups in total. The largest absolute Gasteiger partial charge is 0.479 e. The van der Waals surface area contributed by atoms with Gasteiger partial charge in [0.15, 0.2) is 6.10 Å². The zero-order valence-electron chi connectivity index (χ0n) is 17.9. The first-order valence-corrected chi connectivity index (χ1v) is 10.7. The molecule has 0 radical (unpaired) electrons. The van der Waals surface area contributed by atoms with Crippen LogP contribution in [0, 0.1) is 0 Å². The highest BCUT2D eigenvalue weighted by Gasteiger charge is 2.31. The number of aliphatic carboxylic acids is 1. The first-order chi connectivity index (χ1) is 16.5. The summed E-state index contributed by atoms with van der Waals surface area (Å²) >= 11 is 0. The zero-order chi connectivity index (χ0) is 23.7. The summed E-state index contributed by atoms with van der Waals surface area (Å²) in [6.07, 6.45) is -1.85. The lowest BCUT2D eigenvalue weighted by Gasteiger charge is -2.30. The van der Waals surface area contributed by atoms with E-state index in [2.05, 4.69) is 20.5 Å². The lowest BCUT2D eigenvalue weighted by molar-refractivity contribution is -0.154. The number of benzene rings is 2. The Hall–Kier alpha value is -4.25. The van der Waals surface area contributed by atoms with E-state index in [1.165, 1.54) is 4.90 Å². The van der Waals surface area contributed by atoms with E-state index in [-0.39, 0.29) is 44.0 Å². The van der Waals surface area contributed by atoms with E-state index in [0.29, 0.717) is 0 Å². The molecule has 1 saturated heterocycles. The second-order valence-corrected chi connectivity index (χ2v) is 7.91. The van der Waals surface area contributed by atoms with Crippen molar-refractivity contribution in [1.82, 2.24) is 20.1 Å². The van der Waals surface area contributed by atoms with Crippen LogP contribution in [0.2, 0.25) is 0 Å². The molecule has 0 saturated carbocycles. The SMILES string of the molecule is O=C(Nc1n[nH]c(C(=O)N2CCOC(C(=O)O)C2)n1)OCC1c2ccccc2-c2ccccc21. The van der Waals surface area contributed by atoms with Crippen LogP contribution in [-0.2, 0) is 14.3 Å². The number of H-pyrrole nitrogens is 1. The van der Waals surface area contributed by atoms with Crippen LogP contribution >= 0.6 is 0 Å². The molecule has 1 unspecified atom stereocenters. The molecule has 174 valence electrons. The Balaban J connectivity index is 1.20. The van der Waals surface area contributed by atoms with Crippen molar-refractivity contribution in [3.05, 3.63) is 65.5 Å². The van der Waals surface area contributed by atoms with Gasteiger partial charge < -0.3 is 19.5 Å². The van der Waals surface area contributed by atoms with Crippen molar-refractivity contribution in [3.8, 4) is 11.1 Å². The molecule has 3 aromatic rings. The van der Waals surface area contributed by atoms with Crippen LogP contribution in [0.4, 0.5) is 10.7 Å². The topological polar surface area (TPSA) is 147 Å². The molecule has 2 aliphatic rings. The first kappa shape index (κ1) is 21.6. The number of aromatic nitrogens is 3. The number of nitrogens with zero attached hydrogens (tertiary/aromatic N) is 3. The number of aromatic amines is 1. The average Bonchev–Trinajstić information content (AvgIpc) is 3.45. The Morgan fingerprint density at radius 1 is 1.12 bits per heavy atom. The number of carbonyl (C=O) groups excluding carboxylic acids is 2. The number of hydrogen-bond donors (Lipinski definition) is 3. The first-order valence-electron chi connectivity index (χ1n) is 10.7.